The van der Waals surface area contributed by atoms with Gasteiger partial charge in [-0.2, -0.15) is 0 Å². The van der Waals surface area contributed by atoms with Gasteiger partial charge in [0.05, 0.1) is 9.15 Å². The van der Waals surface area contributed by atoms with Crippen molar-refractivity contribution < 1.29 is 4.79 Å². The van der Waals surface area contributed by atoms with Crippen LogP contribution in [0, 0.1) is 16.2 Å². The summed E-state index contributed by atoms with van der Waals surface area (Å²) in [4.78, 5) is 12.8. The Labute approximate surface area is 134 Å². The minimum atomic E-state index is -0.248. The van der Waals surface area contributed by atoms with Crippen LogP contribution in [-0.4, -0.2) is 21.0 Å². The van der Waals surface area contributed by atoms with E-state index in [0.29, 0.717) is 0 Å². The van der Waals surface area contributed by atoms with Gasteiger partial charge < -0.3 is 5.32 Å². The molecule has 3 fully saturated rings. The molecule has 3 aliphatic rings. The Morgan fingerprint density at radius 2 is 2.00 bits per heavy atom. The molecule has 3 saturated carbocycles. The van der Waals surface area contributed by atoms with E-state index in [1.165, 1.54) is 0 Å². The summed E-state index contributed by atoms with van der Waals surface area (Å²) in [5, 5.41) is 3.10. The van der Waals surface area contributed by atoms with Gasteiger partial charge in [-0.3, -0.25) is 4.79 Å². The van der Waals surface area contributed by atoms with E-state index in [1.807, 2.05) is 0 Å². The SMILES string of the molecule is CCCNC(=O)[C@@]12CC[C@@](C(Br)Br)([C@H]1Br)C2(C)C. The third-order valence-electron chi connectivity index (χ3n) is 5.43. The van der Waals surface area contributed by atoms with Crippen molar-refractivity contribution in [1.29, 1.82) is 0 Å². The predicted molar refractivity (Wildman–Crippen MR) is 85.5 cm³/mol. The highest BCUT2D eigenvalue weighted by Crippen LogP contribution is 2.82. The van der Waals surface area contributed by atoms with Crippen LogP contribution in [0.25, 0.3) is 0 Å². The van der Waals surface area contributed by atoms with Crippen LogP contribution in [0.5, 0.6) is 0 Å². The number of hydrogen-bond acceptors (Lipinski definition) is 1. The lowest BCUT2D eigenvalue weighted by Gasteiger charge is -2.66. The zero-order valence-electron chi connectivity index (χ0n) is 11.0. The lowest BCUT2D eigenvalue weighted by atomic mass is 9.43. The van der Waals surface area contributed by atoms with Crippen molar-refractivity contribution in [2.45, 2.75) is 48.6 Å². The van der Waals surface area contributed by atoms with Crippen LogP contribution in [0.4, 0.5) is 0 Å². The number of carbonyl (C=O) groups excluding carboxylic acids is 1. The standard InChI is InChI=1S/C13H20Br3NO/c1-4-7-17-10(18)13-6-5-12(8(13)14,9(15)16)11(13,2)3/h8-9H,4-7H2,1-3H3,(H,17,18)/t8-,12+,13-/m1/s1. The van der Waals surface area contributed by atoms with Gasteiger partial charge in [0.25, 0.3) is 0 Å². The third kappa shape index (κ3) is 1.47. The van der Waals surface area contributed by atoms with Gasteiger partial charge in [-0.05, 0) is 24.7 Å². The quantitative estimate of drug-likeness (QED) is 0.645. The number of fused-ring (bicyclic) bond motifs is 1. The fourth-order valence-corrected chi connectivity index (χ4v) is 9.01. The molecule has 104 valence electrons. The largest absolute Gasteiger partial charge is 0.356 e. The first-order valence-electron chi connectivity index (χ1n) is 6.49. The molecule has 1 N–H and O–H groups in total. The Hall–Kier alpha value is 0.910. The summed E-state index contributed by atoms with van der Waals surface area (Å²) in [6, 6.07) is 0. The molecule has 0 aromatic heterocycles. The molecule has 3 rings (SSSR count). The Bertz CT molecular complexity index is 371. The molecule has 0 aromatic carbocycles. The van der Waals surface area contributed by atoms with E-state index < -0.39 is 0 Å². The van der Waals surface area contributed by atoms with Crippen molar-refractivity contribution in [3.05, 3.63) is 0 Å². The Kier molecular flexibility index (Phi) is 4.02. The van der Waals surface area contributed by atoms with Gasteiger partial charge in [-0.25, -0.2) is 0 Å². The average molecular weight is 446 g/mol. The first-order valence-corrected chi connectivity index (χ1v) is 9.24. The maximum Gasteiger partial charge on any atom is 0.227 e. The van der Waals surface area contributed by atoms with E-state index in [9.17, 15) is 4.79 Å². The second-order valence-electron chi connectivity index (χ2n) is 6.06. The number of carbonyl (C=O) groups is 1. The van der Waals surface area contributed by atoms with E-state index in [1.54, 1.807) is 0 Å². The van der Waals surface area contributed by atoms with Gasteiger partial charge in [-0.1, -0.05) is 68.6 Å². The van der Waals surface area contributed by atoms with Gasteiger partial charge in [0, 0.05) is 16.8 Å². The third-order valence-corrected chi connectivity index (χ3v) is 8.66. The second-order valence-corrected chi connectivity index (χ2v) is 10.0. The Morgan fingerprint density at radius 1 is 1.39 bits per heavy atom. The fraction of sp³-hybridized carbons (Fsp3) is 0.923. The van der Waals surface area contributed by atoms with Crippen LogP contribution in [0.15, 0.2) is 0 Å². The van der Waals surface area contributed by atoms with Crippen molar-refractivity contribution in [3.8, 4) is 0 Å². The van der Waals surface area contributed by atoms with E-state index in [-0.39, 0.29) is 30.7 Å². The summed E-state index contributed by atoms with van der Waals surface area (Å²) in [5.74, 6) is 0.227. The maximum atomic E-state index is 12.6. The molecule has 18 heavy (non-hydrogen) atoms. The highest BCUT2D eigenvalue weighted by molar-refractivity contribution is 9.24. The van der Waals surface area contributed by atoms with Crippen LogP contribution in [-0.2, 0) is 4.79 Å². The summed E-state index contributed by atoms with van der Waals surface area (Å²) < 4.78 is 0.242. The molecule has 0 heterocycles. The zero-order chi connectivity index (χ0) is 13.8. The molecule has 2 nitrogen and oxygen atoms in total. The summed E-state index contributed by atoms with van der Waals surface area (Å²) in [6.45, 7) is 7.33. The fourth-order valence-electron chi connectivity index (χ4n) is 4.09. The minimum Gasteiger partial charge on any atom is -0.356 e. The summed E-state index contributed by atoms with van der Waals surface area (Å²) in [5.41, 5.74) is -0.123. The molecule has 2 bridgehead atoms. The molecule has 3 aliphatic carbocycles. The van der Waals surface area contributed by atoms with Gasteiger partial charge >= 0.3 is 0 Å². The van der Waals surface area contributed by atoms with E-state index >= 15 is 0 Å². The van der Waals surface area contributed by atoms with Crippen LogP contribution in [0.1, 0.15) is 40.0 Å². The summed E-state index contributed by atoms with van der Waals surface area (Å²) in [7, 11) is 0. The topological polar surface area (TPSA) is 29.1 Å². The second kappa shape index (κ2) is 4.73. The molecule has 0 radical (unpaired) electrons. The van der Waals surface area contributed by atoms with Gasteiger partial charge in [0.15, 0.2) is 0 Å². The van der Waals surface area contributed by atoms with Crippen molar-refractivity contribution in [2.75, 3.05) is 6.54 Å². The number of amides is 1. The Balaban J connectivity index is 2.30. The molecule has 0 unspecified atom stereocenters. The average Bonchev–Trinajstić information content (AvgIpc) is 2.75. The zero-order valence-corrected chi connectivity index (χ0v) is 15.8. The normalized spacial score (nSPS) is 40.7. The van der Waals surface area contributed by atoms with Crippen LogP contribution in [0.2, 0.25) is 0 Å². The molecule has 0 aliphatic heterocycles. The smallest absolute Gasteiger partial charge is 0.227 e. The molecule has 1 amide bonds. The number of halogens is 3. The number of hydrogen-bond donors (Lipinski definition) is 1. The van der Waals surface area contributed by atoms with Crippen molar-refractivity contribution >= 4 is 53.7 Å². The molecule has 5 heteroatoms. The van der Waals surface area contributed by atoms with Crippen molar-refractivity contribution in [3.63, 3.8) is 0 Å². The summed E-state index contributed by atoms with van der Waals surface area (Å²) in [6.07, 6.45) is 3.04. The highest BCUT2D eigenvalue weighted by Gasteiger charge is 2.83. The van der Waals surface area contributed by atoms with E-state index in [2.05, 4.69) is 73.9 Å². The first-order chi connectivity index (χ1) is 8.29. The summed E-state index contributed by atoms with van der Waals surface area (Å²) >= 11 is 11.2. The molecule has 0 aromatic rings. The molecule has 3 atom stereocenters. The van der Waals surface area contributed by atoms with Gasteiger partial charge in [0.1, 0.15) is 0 Å². The maximum absolute atomic E-state index is 12.6. The highest BCUT2D eigenvalue weighted by atomic mass is 79.9. The lowest BCUT2D eigenvalue weighted by molar-refractivity contribution is -0.161. The lowest BCUT2D eigenvalue weighted by Crippen LogP contribution is -2.72. The van der Waals surface area contributed by atoms with Crippen LogP contribution < -0.4 is 5.32 Å². The van der Waals surface area contributed by atoms with Crippen molar-refractivity contribution in [1.82, 2.24) is 5.32 Å². The minimum absolute atomic E-state index is 0.00363. The number of rotatable bonds is 4. The monoisotopic (exact) mass is 443 g/mol. The molecule has 0 saturated heterocycles. The molecular weight excluding hydrogens is 426 g/mol. The van der Waals surface area contributed by atoms with E-state index in [4.69, 9.17) is 0 Å². The Morgan fingerprint density at radius 3 is 2.39 bits per heavy atom. The van der Waals surface area contributed by atoms with Gasteiger partial charge in [-0.15, -0.1) is 0 Å². The number of alkyl halides is 3. The number of nitrogens with one attached hydrogen (secondary N) is 1. The van der Waals surface area contributed by atoms with Crippen LogP contribution >= 0.6 is 47.8 Å². The van der Waals surface area contributed by atoms with Crippen LogP contribution in [0.3, 0.4) is 0 Å². The molecule has 0 spiro atoms. The van der Waals surface area contributed by atoms with Crippen molar-refractivity contribution in [2.24, 2.45) is 16.2 Å². The predicted octanol–water partition coefficient (Wildman–Crippen LogP) is 4.20. The van der Waals surface area contributed by atoms with Gasteiger partial charge in [0.2, 0.25) is 5.91 Å². The first kappa shape index (κ1) is 15.3. The molecular formula is C13H20Br3NO. The van der Waals surface area contributed by atoms with E-state index in [0.717, 1.165) is 25.8 Å².